The summed E-state index contributed by atoms with van der Waals surface area (Å²) in [5.41, 5.74) is 2.08. The molecule has 4 heteroatoms. The van der Waals surface area contributed by atoms with Crippen molar-refractivity contribution in [3.8, 4) is 0 Å². The predicted octanol–water partition coefficient (Wildman–Crippen LogP) is 4.25. The molecule has 0 bridgehead atoms. The van der Waals surface area contributed by atoms with Crippen LogP contribution in [0, 0.1) is 5.92 Å². The zero-order chi connectivity index (χ0) is 11.7. The summed E-state index contributed by atoms with van der Waals surface area (Å²) in [6.07, 6.45) is 1.16. The molecule has 2 unspecified atom stereocenters. The molecule has 1 aromatic rings. The van der Waals surface area contributed by atoms with Crippen molar-refractivity contribution >= 4 is 34.6 Å². The van der Waals surface area contributed by atoms with Gasteiger partial charge in [0.05, 0.1) is 21.4 Å². The third-order valence-corrected chi connectivity index (χ3v) is 3.97. The van der Waals surface area contributed by atoms with Crippen LogP contribution in [0.5, 0.6) is 0 Å². The molecule has 0 aliphatic carbocycles. The predicted molar refractivity (Wildman–Crippen MR) is 71.8 cm³/mol. The lowest BCUT2D eigenvalue weighted by molar-refractivity contribution is 0.478. The first kappa shape index (κ1) is 11.9. The van der Waals surface area contributed by atoms with Crippen LogP contribution in [0.1, 0.15) is 20.3 Å². The minimum absolute atomic E-state index is 0.453. The van der Waals surface area contributed by atoms with Crippen molar-refractivity contribution < 1.29 is 0 Å². The molecule has 16 heavy (non-hydrogen) atoms. The zero-order valence-electron chi connectivity index (χ0n) is 9.48. The smallest absolute Gasteiger partial charge is 0.0614 e. The number of anilines is 2. The van der Waals surface area contributed by atoms with Crippen LogP contribution in [-0.4, -0.2) is 12.6 Å². The van der Waals surface area contributed by atoms with Crippen molar-refractivity contribution in [1.29, 1.82) is 0 Å². The molecule has 0 radical (unpaired) electrons. The molecule has 2 atom stereocenters. The maximum Gasteiger partial charge on any atom is 0.0614 e. The molecule has 0 saturated heterocycles. The number of halogens is 2. The largest absolute Gasteiger partial charge is 0.381 e. The molecule has 1 aliphatic heterocycles. The van der Waals surface area contributed by atoms with Gasteiger partial charge in [0.1, 0.15) is 0 Å². The molecule has 1 aliphatic rings. The van der Waals surface area contributed by atoms with Gasteiger partial charge in [-0.3, -0.25) is 0 Å². The molecule has 88 valence electrons. The molecule has 1 aromatic carbocycles. The van der Waals surface area contributed by atoms with Gasteiger partial charge in [0.15, 0.2) is 0 Å². The topological polar surface area (TPSA) is 24.1 Å². The first-order valence-corrected chi connectivity index (χ1v) is 6.37. The van der Waals surface area contributed by atoms with Crippen molar-refractivity contribution in [3.05, 3.63) is 22.2 Å². The standard InChI is InChI=1S/C12H16Cl2N2/c1-3-7(2)12-6-15-10-4-8(13)9(14)5-11(10)16-12/h4-5,7,12,15-16H,3,6H2,1-2H3. The fourth-order valence-electron chi connectivity index (χ4n) is 1.91. The van der Waals surface area contributed by atoms with Gasteiger partial charge in [-0.05, 0) is 18.1 Å². The molecule has 2 rings (SSSR count). The van der Waals surface area contributed by atoms with E-state index in [1.54, 1.807) is 0 Å². The molecule has 2 N–H and O–H groups in total. The molecule has 0 fully saturated rings. The lowest BCUT2D eigenvalue weighted by atomic mass is 9.97. The summed E-state index contributed by atoms with van der Waals surface area (Å²) in [6, 6.07) is 4.22. The van der Waals surface area contributed by atoms with E-state index in [0.29, 0.717) is 22.0 Å². The van der Waals surface area contributed by atoms with Crippen LogP contribution in [0.15, 0.2) is 12.1 Å². The molecule has 1 heterocycles. The summed E-state index contributed by atoms with van der Waals surface area (Å²) < 4.78 is 0. The third kappa shape index (κ3) is 2.23. The minimum atomic E-state index is 0.453. The fraction of sp³-hybridized carbons (Fsp3) is 0.500. The average molecular weight is 259 g/mol. The summed E-state index contributed by atoms with van der Waals surface area (Å²) in [7, 11) is 0. The maximum atomic E-state index is 6.01. The van der Waals surface area contributed by atoms with Crippen molar-refractivity contribution in [2.24, 2.45) is 5.92 Å². The van der Waals surface area contributed by atoms with Gasteiger partial charge in [0.2, 0.25) is 0 Å². The van der Waals surface area contributed by atoms with Crippen LogP contribution in [-0.2, 0) is 0 Å². The Morgan fingerprint density at radius 2 is 1.94 bits per heavy atom. The fourth-order valence-corrected chi connectivity index (χ4v) is 2.24. The lowest BCUT2D eigenvalue weighted by Gasteiger charge is -2.32. The lowest BCUT2D eigenvalue weighted by Crippen LogP contribution is -2.37. The van der Waals surface area contributed by atoms with Gasteiger partial charge in [0, 0.05) is 12.6 Å². The molecule has 0 amide bonds. The number of hydrogen-bond acceptors (Lipinski definition) is 2. The first-order chi connectivity index (χ1) is 7.61. The van der Waals surface area contributed by atoms with Crippen molar-refractivity contribution in [2.75, 3.05) is 17.2 Å². The summed E-state index contributed by atoms with van der Waals surface area (Å²) in [4.78, 5) is 0. The van der Waals surface area contributed by atoms with E-state index < -0.39 is 0 Å². The van der Waals surface area contributed by atoms with Crippen molar-refractivity contribution in [2.45, 2.75) is 26.3 Å². The number of hydrogen-bond donors (Lipinski definition) is 2. The van der Waals surface area contributed by atoms with Crippen LogP contribution in [0.25, 0.3) is 0 Å². The van der Waals surface area contributed by atoms with Gasteiger partial charge >= 0.3 is 0 Å². The molecule has 0 aromatic heterocycles. The van der Waals surface area contributed by atoms with Gasteiger partial charge in [-0.15, -0.1) is 0 Å². The first-order valence-electron chi connectivity index (χ1n) is 5.61. The van der Waals surface area contributed by atoms with E-state index in [4.69, 9.17) is 23.2 Å². The maximum absolute atomic E-state index is 6.01. The zero-order valence-corrected chi connectivity index (χ0v) is 11.0. The SMILES string of the molecule is CCC(C)C1CNc2cc(Cl)c(Cl)cc2N1. The summed E-state index contributed by atoms with van der Waals surface area (Å²) >= 11 is 12.0. The van der Waals surface area contributed by atoms with E-state index in [1.807, 2.05) is 12.1 Å². The third-order valence-electron chi connectivity index (χ3n) is 3.24. The van der Waals surface area contributed by atoms with Crippen molar-refractivity contribution in [1.82, 2.24) is 0 Å². The Labute approximate surface area is 106 Å². The highest BCUT2D eigenvalue weighted by molar-refractivity contribution is 6.42. The van der Waals surface area contributed by atoms with Gasteiger partial charge in [0.25, 0.3) is 0 Å². The van der Waals surface area contributed by atoms with E-state index in [2.05, 4.69) is 24.5 Å². The van der Waals surface area contributed by atoms with Crippen LogP contribution in [0.3, 0.4) is 0 Å². The Hall–Kier alpha value is -0.600. The van der Waals surface area contributed by atoms with E-state index in [-0.39, 0.29) is 0 Å². The molecule has 2 nitrogen and oxygen atoms in total. The number of rotatable bonds is 2. The van der Waals surface area contributed by atoms with Crippen LogP contribution >= 0.6 is 23.2 Å². The highest BCUT2D eigenvalue weighted by Crippen LogP contribution is 2.35. The Balaban J connectivity index is 2.23. The molecular formula is C12H16Cl2N2. The molecule has 0 spiro atoms. The average Bonchev–Trinajstić information content (AvgIpc) is 2.29. The Morgan fingerprint density at radius 1 is 1.31 bits per heavy atom. The quantitative estimate of drug-likeness (QED) is 0.829. The highest BCUT2D eigenvalue weighted by Gasteiger charge is 2.22. The van der Waals surface area contributed by atoms with E-state index in [9.17, 15) is 0 Å². The van der Waals surface area contributed by atoms with Gasteiger partial charge in [-0.2, -0.15) is 0 Å². The van der Waals surface area contributed by atoms with Crippen LogP contribution in [0.4, 0.5) is 11.4 Å². The second-order valence-electron chi connectivity index (χ2n) is 4.33. The minimum Gasteiger partial charge on any atom is -0.381 e. The normalized spacial score (nSPS) is 20.6. The number of fused-ring (bicyclic) bond motifs is 1. The van der Waals surface area contributed by atoms with Gasteiger partial charge < -0.3 is 10.6 Å². The monoisotopic (exact) mass is 258 g/mol. The summed E-state index contributed by atoms with van der Waals surface area (Å²) in [5.74, 6) is 0.634. The highest BCUT2D eigenvalue weighted by atomic mass is 35.5. The summed E-state index contributed by atoms with van der Waals surface area (Å²) in [6.45, 7) is 5.39. The van der Waals surface area contributed by atoms with Gasteiger partial charge in [-0.25, -0.2) is 0 Å². The Bertz CT molecular complexity index is 393. The Kier molecular flexibility index (Phi) is 3.50. The van der Waals surface area contributed by atoms with E-state index in [1.165, 1.54) is 0 Å². The van der Waals surface area contributed by atoms with E-state index in [0.717, 1.165) is 24.3 Å². The number of nitrogens with one attached hydrogen (secondary N) is 2. The van der Waals surface area contributed by atoms with Gasteiger partial charge in [-0.1, -0.05) is 43.5 Å². The number of benzene rings is 1. The van der Waals surface area contributed by atoms with Crippen molar-refractivity contribution in [3.63, 3.8) is 0 Å². The summed E-state index contributed by atoms with van der Waals surface area (Å²) in [5, 5.41) is 8.09. The van der Waals surface area contributed by atoms with E-state index >= 15 is 0 Å². The Morgan fingerprint density at radius 3 is 2.56 bits per heavy atom. The second kappa shape index (κ2) is 4.72. The second-order valence-corrected chi connectivity index (χ2v) is 5.14. The molecular weight excluding hydrogens is 243 g/mol. The van der Waals surface area contributed by atoms with Crippen LogP contribution < -0.4 is 10.6 Å². The van der Waals surface area contributed by atoms with Crippen LogP contribution in [0.2, 0.25) is 10.0 Å². The molecule has 0 saturated carbocycles.